The number of nitrogens with one attached hydrogen (secondary N) is 2. The lowest BCUT2D eigenvalue weighted by Crippen LogP contribution is -2.47. The molecule has 0 unspecified atom stereocenters. The van der Waals surface area contributed by atoms with Crippen LogP contribution < -0.4 is 15.5 Å². The first kappa shape index (κ1) is 24.6. The fourth-order valence-corrected chi connectivity index (χ4v) is 3.57. The zero-order chi connectivity index (χ0) is 24.2. The number of aryl methyl sites for hydroxylation is 1. The second-order valence-electron chi connectivity index (χ2n) is 8.38. The van der Waals surface area contributed by atoms with Crippen molar-refractivity contribution in [1.29, 1.82) is 0 Å². The summed E-state index contributed by atoms with van der Waals surface area (Å²) in [7, 11) is 0. The molecule has 178 valence electrons. The molecule has 0 spiro atoms. The summed E-state index contributed by atoms with van der Waals surface area (Å²) in [6, 6.07) is 9.24. The average Bonchev–Trinajstić information content (AvgIpc) is 2.77. The van der Waals surface area contributed by atoms with Crippen LogP contribution in [0.25, 0.3) is 0 Å². The third-order valence-corrected chi connectivity index (χ3v) is 5.48. The van der Waals surface area contributed by atoms with E-state index in [-0.39, 0.29) is 11.6 Å². The molecule has 2 amide bonds. The largest absolute Gasteiger partial charge is 0.416 e. The number of hydrogen-bond acceptors (Lipinski definition) is 4. The molecule has 1 atom stereocenters. The van der Waals surface area contributed by atoms with E-state index in [4.69, 9.17) is 4.74 Å². The Labute approximate surface area is 191 Å². The van der Waals surface area contributed by atoms with Crippen molar-refractivity contribution in [2.24, 2.45) is 5.92 Å². The molecule has 0 aliphatic carbocycles. The van der Waals surface area contributed by atoms with Crippen molar-refractivity contribution in [3.8, 4) is 0 Å². The van der Waals surface area contributed by atoms with Crippen LogP contribution in [0.4, 0.5) is 24.5 Å². The van der Waals surface area contributed by atoms with Gasteiger partial charge < -0.3 is 20.3 Å². The molecular weight excluding hydrogens is 435 g/mol. The fraction of sp³-hybridized carbons (Fsp3) is 0.417. The van der Waals surface area contributed by atoms with Crippen molar-refractivity contribution in [2.75, 3.05) is 36.5 Å². The number of hydrogen-bond donors (Lipinski definition) is 2. The van der Waals surface area contributed by atoms with Crippen molar-refractivity contribution >= 4 is 23.2 Å². The van der Waals surface area contributed by atoms with Gasteiger partial charge in [-0.2, -0.15) is 13.2 Å². The highest BCUT2D eigenvalue weighted by Crippen LogP contribution is 2.36. The van der Waals surface area contributed by atoms with Gasteiger partial charge in [0.25, 0.3) is 5.91 Å². The minimum Gasteiger partial charge on any atom is -0.378 e. The van der Waals surface area contributed by atoms with Gasteiger partial charge in [-0.3, -0.25) is 9.59 Å². The summed E-state index contributed by atoms with van der Waals surface area (Å²) in [5.41, 5.74) is 1.05. The Hall–Kier alpha value is -3.07. The SMILES string of the molecule is Cc1ccc(C(=O)N[C@H](C(=O)Nc2cc(C(F)(F)F)ccc2N2CCOCC2)C(C)C)cc1. The van der Waals surface area contributed by atoms with Crippen molar-refractivity contribution < 1.29 is 27.5 Å². The third kappa shape index (κ3) is 6.25. The topological polar surface area (TPSA) is 70.7 Å². The number of amides is 2. The Bertz CT molecular complexity index is 985. The van der Waals surface area contributed by atoms with Gasteiger partial charge in [-0.15, -0.1) is 0 Å². The normalized spacial score (nSPS) is 15.3. The number of morpholine rings is 1. The van der Waals surface area contributed by atoms with E-state index in [9.17, 15) is 22.8 Å². The Morgan fingerprint density at radius 1 is 1.03 bits per heavy atom. The number of anilines is 2. The molecule has 6 nitrogen and oxygen atoms in total. The van der Waals surface area contributed by atoms with Crippen LogP contribution in [0, 0.1) is 12.8 Å². The smallest absolute Gasteiger partial charge is 0.378 e. The Morgan fingerprint density at radius 2 is 1.67 bits per heavy atom. The third-order valence-electron chi connectivity index (χ3n) is 5.48. The molecule has 0 saturated carbocycles. The lowest BCUT2D eigenvalue weighted by atomic mass is 10.0. The van der Waals surface area contributed by atoms with Crippen LogP contribution in [0.2, 0.25) is 0 Å². The summed E-state index contributed by atoms with van der Waals surface area (Å²) in [4.78, 5) is 27.7. The lowest BCUT2D eigenvalue weighted by molar-refractivity contribution is -0.137. The Kier molecular flexibility index (Phi) is 7.63. The molecule has 2 aromatic rings. The molecule has 0 radical (unpaired) electrons. The van der Waals surface area contributed by atoms with Gasteiger partial charge in [0.2, 0.25) is 5.91 Å². The summed E-state index contributed by atoms with van der Waals surface area (Å²) in [6.45, 7) is 7.28. The van der Waals surface area contributed by atoms with E-state index in [1.54, 1.807) is 38.1 Å². The molecule has 0 bridgehead atoms. The molecule has 2 aromatic carbocycles. The van der Waals surface area contributed by atoms with Gasteiger partial charge in [0, 0.05) is 18.7 Å². The van der Waals surface area contributed by atoms with E-state index >= 15 is 0 Å². The predicted octanol–water partition coefficient (Wildman–Crippen LogP) is 4.24. The van der Waals surface area contributed by atoms with Crippen LogP contribution in [0.1, 0.15) is 35.3 Å². The van der Waals surface area contributed by atoms with Crippen LogP contribution in [-0.2, 0) is 15.7 Å². The van der Waals surface area contributed by atoms with Crippen molar-refractivity contribution in [2.45, 2.75) is 33.0 Å². The first-order valence-electron chi connectivity index (χ1n) is 10.8. The summed E-state index contributed by atoms with van der Waals surface area (Å²) >= 11 is 0. The molecule has 1 aliphatic rings. The summed E-state index contributed by atoms with van der Waals surface area (Å²) < 4.78 is 45.4. The number of alkyl halides is 3. The second kappa shape index (κ2) is 10.2. The average molecular weight is 464 g/mol. The molecule has 1 fully saturated rings. The van der Waals surface area contributed by atoms with E-state index in [2.05, 4.69) is 10.6 Å². The van der Waals surface area contributed by atoms with Gasteiger partial charge in [-0.25, -0.2) is 0 Å². The van der Waals surface area contributed by atoms with Crippen LogP contribution in [0.15, 0.2) is 42.5 Å². The molecule has 33 heavy (non-hydrogen) atoms. The van der Waals surface area contributed by atoms with Crippen LogP contribution >= 0.6 is 0 Å². The van der Waals surface area contributed by atoms with Gasteiger partial charge in [0.05, 0.1) is 30.2 Å². The van der Waals surface area contributed by atoms with E-state index in [1.807, 2.05) is 11.8 Å². The summed E-state index contributed by atoms with van der Waals surface area (Å²) in [5, 5.41) is 5.34. The Balaban J connectivity index is 1.85. The number of carbonyl (C=O) groups excluding carboxylic acids is 2. The molecule has 1 aliphatic heterocycles. The molecule has 3 rings (SSSR count). The molecule has 2 N–H and O–H groups in total. The number of carbonyl (C=O) groups is 2. The maximum absolute atomic E-state index is 13.4. The number of nitrogens with zero attached hydrogens (tertiary/aromatic N) is 1. The van der Waals surface area contributed by atoms with E-state index in [0.717, 1.165) is 17.7 Å². The van der Waals surface area contributed by atoms with Gasteiger partial charge in [-0.05, 0) is 43.2 Å². The molecule has 9 heteroatoms. The van der Waals surface area contributed by atoms with Gasteiger partial charge >= 0.3 is 6.18 Å². The minimum absolute atomic E-state index is 0.0481. The monoisotopic (exact) mass is 463 g/mol. The zero-order valence-electron chi connectivity index (χ0n) is 18.8. The van der Waals surface area contributed by atoms with Gasteiger partial charge in [-0.1, -0.05) is 31.5 Å². The maximum atomic E-state index is 13.4. The van der Waals surface area contributed by atoms with Crippen molar-refractivity contribution in [1.82, 2.24) is 5.32 Å². The fourth-order valence-electron chi connectivity index (χ4n) is 3.57. The van der Waals surface area contributed by atoms with E-state index in [0.29, 0.717) is 37.6 Å². The zero-order valence-corrected chi connectivity index (χ0v) is 18.8. The number of benzene rings is 2. The standard InChI is InChI=1S/C24H28F3N3O3/c1-15(2)21(29-22(31)17-6-4-16(3)5-7-17)23(32)28-19-14-18(24(25,26)27)8-9-20(19)30-10-12-33-13-11-30/h4-9,14-15,21H,10-13H2,1-3H3,(H,28,32)(H,29,31)/t21-/m0/s1. The Morgan fingerprint density at radius 3 is 2.24 bits per heavy atom. The number of rotatable bonds is 6. The minimum atomic E-state index is -4.56. The van der Waals surface area contributed by atoms with E-state index < -0.39 is 29.6 Å². The summed E-state index contributed by atoms with van der Waals surface area (Å²) in [5.74, 6) is -1.31. The van der Waals surface area contributed by atoms with Crippen molar-refractivity contribution in [3.05, 3.63) is 59.2 Å². The summed E-state index contributed by atoms with van der Waals surface area (Å²) in [6.07, 6.45) is -4.56. The highest BCUT2D eigenvalue weighted by atomic mass is 19.4. The predicted molar refractivity (Wildman–Crippen MR) is 120 cm³/mol. The van der Waals surface area contributed by atoms with Gasteiger partial charge in [0.15, 0.2) is 0 Å². The lowest BCUT2D eigenvalue weighted by Gasteiger charge is -2.31. The number of ether oxygens (including phenoxy) is 1. The first-order chi connectivity index (χ1) is 15.6. The number of halogens is 3. The molecule has 1 saturated heterocycles. The van der Waals surface area contributed by atoms with Crippen LogP contribution in [-0.4, -0.2) is 44.2 Å². The van der Waals surface area contributed by atoms with Crippen molar-refractivity contribution in [3.63, 3.8) is 0 Å². The molecule has 0 aromatic heterocycles. The van der Waals surface area contributed by atoms with Crippen LogP contribution in [0.3, 0.4) is 0 Å². The first-order valence-corrected chi connectivity index (χ1v) is 10.8. The highest BCUT2D eigenvalue weighted by molar-refractivity contribution is 6.02. The second-order valence-corrected chi connectivity index (χ2v) is 8.38. The molecule has 1 heterocycles. The van der Waals surface area contributed by atoms with E-state index in [1.165, 1.54) is 6.07 Å². The van der Waals surface area contributed by atoms with Crippen LogP contribution in [0.5, 0.6) is 0 Å². The highest BCUT2D eigenvalue weighted by Gasteiger charge is 2.33. The quantitative estimate of drug-likeness (QED) is 0.672. The van der Waals surface area contributed by atoms with Gasteiger partial charge in [0.1, 0.15) is 6.04 Å². The maximum Gasteiger partial charge on any atom is 0.416 e. The molecular formula is C24H28F3N3O3.